The van der Waals surface area contributed by atoms with Crippen LogP contribution in [0.5, 0.6) is 0 Å². The molecule has 1 rings (SSSR count). The first-order valence-corrected chi connectivity index (χ1v) is 6.08. The Morgan fingerprint density at radius 1 is 1.23 bits per heavy atom. The van der Waals surface area contributed by atoms with Gasteiger partial charge in [-0.05, 0) is 18.2 Å². The summed E-state index contributed by atoms with van der Waals surface area (Å²) in [5, 5.41) is 5.24. The highest BCUT2D eigenvalue weighted by molar-refractivity contribution is 8.05. The fraction of sp³-hybridized carbons (Fsp3) is 0.636. The topological polar surface area (TPSA) is 12.0 Å². The molecule has 0 saturated heterocycles. The van der Waals surface area contributed by atoms with Crippen molar-refractivity contribution in [2.24, 2.45) is 0 Å². The molecule has 0 bridgehead atoms. The van der Waals surface area contributed by atoms with Crippen molar-refractivity contribution < 1.29 is 0 Å². The van der Waals surface area contributed by atoms with Crippen molar-refractivity contribution in [2.75, 3.05) is 0 Å². The van der Waals surface area contributed by atoms with E-state index in [4.69, 9.17) is 0 Å². The molecule has 1 N–H and O–H groups in total. The molecule has 0 atom stereocenters. The van der Waals surface area contributed by atoms with Crippen LogP contribution in [0, 0.1) is 0 Å². The molecular formula is C11H19NS. The van der Waals surface area contributed by atoms with Gasteiger partial charge in [0.15, 0.2) is 0 Å². The van der Waals surface area contributed by atoms with Crippen LogP contribution in [0.25, 0.3) is 0 Å². The Morgan fingerprint density at radius 2 is 2.08 bits per heavy atom. The summed E-state index contributed by atoms with van der Waals surface area (Å²) in [7, 11) is 0. The van der Waals surface area contributed by atoms with E-state index in [1.54, 1.807) is 0 Å². The maximum Gasteiger partial charge on any atom is 0.0104 e. The minimum absolute atomic E-state index is 1.24. The molecule has 13 heavy (non-hydrogen) atoms. The first-order valence-electron chi connectivity index (χ1n) is 5.20. The van der Waals surface area contributed by atoms with Crippen LogP contribution >= 0.6 is 11.8 Å². The third-order valence-corrected chi connectivity index (χ3v) is 3.05. The molecule has 74 valence electrons. The second-order valence-electron chi connectivity index (χ2n) is 3.36. The molecule has 0 radical (unpaired) electrons. The average molecular weight is 197 g/mol. The number of unbranched alkanes of at least 4 members (excludes halogenated alkanes) is 4. The lowest BCUT2D eigenvalue weighted by molar-refractivity contribution is 0.635. The first kappa shape index (κ1) is 10.7. The third-order valence-electron chi connectivity index (χ3n) is 2.15. The summed E-state index contributed by atoms with van der Waals surface area (Å²) in [6, 6.07) is 0. The summed E-state index contributed by atoms with van der Waals surface area (Å²) < 4.78 is 0. The molecule has 0 fully saturated rings. The third kappa shape index (κ3) is 5.04. The largest absolute Gasteiger partial charge is 0.366 e. The van der Waals surface area contributed by atoms with Gasteiger partial charge in [-0.1, -0.05) is 44.4 Å². The van der Waals surface area contributed by atoms with Crippen LogP contribution in [0.4, 0.5) is 0 Å². The number of nitrogens with one attached hydrogen (secondary N) is 1. The summed E-state index contributed by atoms with van der Waals surface area (Å²) in [6.45, 7) is 2.26. The van der Waals surface area contributed by atoms with Gasteiger partial charge in [0.25, 0.3) is 0 Å². The lowest BCUT2D eigenvalue weighted by Gasteiger charge is -2.07. The molecule has 1 aliphatic heterocycles. The molecule has 0 aromatic heterocycles. The second-order valence-corrected chi connectivity index (χ2v) is 4.39. The van der Waals surface area contributed by atoms with E-state index in [-0.39, 0.29) is 0 Å². The number of rotatable bonds is 6. The standard InChI is InChI=1S/C11H19NS/c1-2-3-4-5-6-7-11-10-12-8-9-13-11/h8-10,12H,2-7H2,1H3. The fourth-order valence-electron chi connectivity index (χ4n) is 1.37. The van der Waals surface area contributed by atoms with E-state index >= 15 is 0 Å². The van der Waals surface area contributed by atoms with Gasteiger partial charge in [0, 0.05) is 17.3 Å². The van der Waals surface area contributed by atoms with Gasteiger partial charge >= 0.3 is 0 Å². The second kappa shape index (κ2) is 7.07. The molecule has 0 unspecified atom stereocenters. The van der Waals surface area contributed by atoms with Crippen molar-refractivity contribution in [1.82, 2.24) is 5.32 Å². The van der Waals surface area contributed by atoms with Crippen molar-refractivity contribution in [1.29, 1.82) is 0 Å². The summed E-state index contributed by atoms with van der Waals surface area (Å²) >= 11 is 1.85. The average Bonchev–Trinajstić information content (AvgIpc) is 2.19. The zero-order chi connectivity index (χ0) is 9.36. The van der Waals surface area contributed by atoms with Crippen molar-refractivity contribution in [3.63, 3.8) is 0 Å². The fourth-order valence-corrected chi connectivity index (χ4v) is 2.09. The molecule has 0 spiro atoms. The summed E-state index contributed by atoms with van der Waals surface area (Å²) in [5.74, 6) is 0. The zero-order valence-electron chi connectivity index (χ0n) is 8.38. The number of hydrogen-bond donors (Lipinski definition) is 1. The summed E-state index contributed by atoms with van der Waals surface area (Å²) in [6.07, 6.45) is 12.2. The van der Waals surface area contributed by atoms with Gasteiger partial charge in [-0.25, -0.2) is 0 Å². The summed E-state index contributed by atoms with van der Waals surface area (Å²) in [5.41, 5.74) is 0. The molecule has 2 heteroatoms. The van der Waals surface area contributed by atoms with Crippen LogP contribution in [-0.2, 0) is 0 Å². The molecule has 1 nitrogen and oxygen atoms in total. The first-order chi connectivity index (χ1) is 6.43. The van der Waals surface area contributed by atoms with Crippen LogP contribution in [0.1, 0.15) is 45.4 Å². The van der Waals surface area contributed by atoms with Crippen LogP contribution < -0.4 is 5.32 Å². The highest BCUT2D eigenvalue weighted by Gasteiger charge is 1.98. The van der Waals surface area contributed by atoms with Gasteiger partial charge in [0.05, 0.1) is 0 Å². The van der Waals surface area contributed by atoms with Crippen LogP contribution in [0.15, 0.2) is 22.7 Å². The highest BCUT2D eigenvalue weighted by atomic mass is 32.2. The van der Waals surface area contributed by atoms with E-state index < -0.39 is 0 Å². The van der Waals surface area contributed by atoms with Crippen LogP contribution in [0.3, 0.4) is 0 Å². The molecule has 0 amide bonds. The SMILES string of the molecule is CCCCCCCC1=CNC=CS1. The van der Waals surface area contributed by atoms with Crippen LogP contribution in [0.2, 0.25) is 0 Å². The Kier molecular flexibility index (Phi) is 5.83. The maximum atomic E-state index is 3.12. The number of allylic oxidation sites excluding steroid dienone is 1. The summed E-state index contributed by atoms with van der Waals surface area (Å²) in [4.78, 5) is 1.47. The van der Waals surface area contributed by atoms with Gasteiger partial charge in [0.1, 0.15) is 0 Å². The number of thioether (sulfide) groups is 1. The quantitative estimate of drug-likeness (QED) is 0.646. The lowest BCUT2D eigenvalue weighted by Crippen LogP contribution is -1.97. The predicted octanol–water partition coefficient (Wildman–Crippen LogP) is 4.00. The zero-order valence-corrected chi connectivity index (χ0v) is 9.20. The van der Waals surface area contributed by atoms with E-state index in [0.717, 1.165) is 0 Å². The maximum absolute atomic E-state index is 3.12. The Balaban J connectivity index is 1.96. The van der Waals surface area contributed by atoms with Crippen molar-refractivity contribution in [2.45, 2.75) is 45.4 Å². The molecule has 1 aliphatic rings. The molecule has 0 aromatic carbocycles. The smallest absolute Gasteiger partial charge is 0.0104 e. The molecule has 0 aliphatic carbocycles. The van der Waals surface area contributed by atoms with Gasteiger partial charge in [0.2, 0.25) is 0 Å². The van der Waals surface area contributed by atoms with Crippen molar-refractivity contribution >= 4 is 11.8 Å². The Hall–Kier alpha value is -0.370. The van der Waals surface area contributed by atoms with Crippen LogP contribution in [-0.4, -0.2) is 0 Å². The van der Waals surface area contributed by atoms with Crippen molar-refractivity contribution in [3.8, 4) is 0 Å². The van der Waals surface area contributed by atoms with E-state index in [1.807, 2.05) is 18.0 Å². The Bertz CT molecular complexity index is 185. The van der Waals surface area contributed by atoms with Gasteiger partial charge < -0.3 is 5.32 Å². The minimum Gasteiger partial charge on any atom is -0.366 e. The van der Waals surface area contributed by atoms with E-state index in [2.05, 4.69) is 23.8 Å². The van der Waals surface area contributed by atoms with Crippen molar-refractivity contribution in [3.05, 3.63) is 22.7 Å². The molecule has 0 saturated carbocycles. The van der Waals surface area contributed by atoms with Gasteiger partial charge in [-0.2, -0.15) is 0 Å². The monoisotopic (exact) mass is 197 g/mol. The van der Waals surface area contributed by atoms with E-state index in [0.29, 0.717) is 0 Å². The molecular weight excluding hydrogens is 178 g/mol. The highest BCUT2D eigenvalue weighted by Crippen LogP contribution is 2.24. The van der Waals surface area contributed by atoms with Gasteiger partial charge in [-0.3, -0.25) is 0 Å². The number of hydrogen-bond acceptors (Lipinski definition) is 2. The Labute approximate surface area is 85.7 Å². The minimum atomic E-state index is 1.24. The van der Waals surface area contributed by atoms with E-state index in [1.165, 1.54) is 43.4 Å². The predicted molar refractivity (Wildman–Crippen MR) is 61.3 cm³/mol. The Morgan fingerprint density at radius 3 is 2.77 bits per heavy atom. The lowest BCUT2D eigenvalue weighted by atomic mass is 10.1. The van der Waals surface area contributed by atoms with Gasteiger partial charge in [-0.15, -0.1) is 0 Å². The molecule has 0 aromatic rings. The molecule has 1 heterocycles. The normalized spacial score (nSPS) is 15.3. The van der Waals surface area contributed by atoms with E-state index in [9.17, 15) is 0 Å².